The van der Waals surface area contributed by atoms with Gasteiger partial charge in [-0.1, -0.05) is 6.92 Å². The van der Waals surface area contributed by atoms with Gasteiger partial charge in [0.15, 0.2) is 0 Å². The molecular weight excluding hydrogens is 274 g/mol. The van der Waals surface area contributed by atoms with E-state index in [9.17, 15) is 0 Å². The molecule has 3 heterocycles. The van der Waals surface area contributed by atoms with Crippen molar-refractivity contribution in [1.29, 1.82) is 0 Å². The molecule has 0 amide bonds. The van der Waals surface area contributed by atoms with Gasteiger partial charge in [0.1, 0.15) is 0 Å². The lowest BCUT2D eigenvalue weighted by molar-refractivity contribution is 0.768. The van der Waals surface area contributed by atoms with Crippen LogP contribution >= 0.6 is 23.1 Å². The molecule has 2 aliphatic rings. The molecule has 2 aromatic rings. The van der Waals surface area contributed by atoms with Gasteiger partial charge in [-0.2, -0.15) is 5.10 Å². The lowest BCUT2D eigenvalue weighted by Crippen LogP contribution is -2.07. The van der Waals surface area contributed by atoms with Crippen molar-refractivity contribution in [3.63, 3.8) is 0 Å². The van der Waals surface area contributed by atoms with Crippen LogP contribution in [0.2, 0.25) is 0 Å². The zero-order chi connectivity index (χ0) is 12.8. The van der Waals surface area contributed by atoms with E-state index in [2.05, 4.69) is 34.4 Å². The first-order valence-corrected chi connectivity index (χ1v) is 8.35. The van der Waals surface area contributed by atoms with Crippen LogP contribution in [0.1, 0.15) is 36.8 Å². The minimum Gasteiger partial charge on any atom is -0.292 e. The van der Waals surface area contributed by atoms with E-state index in [0.29, 0.717) is 5.92 Å². The molecule has 1 aliphatic carbocycles. The second-order valence-corrected chi connectivity index (χ2v) is 7.82. The van der Waals surface area contributed by atoms with Crippen LogP contribution in [0.4, 0.5) is 0 Å². The molecule has 1 N–H and O–H groups in total. The molecule has 1 saturated carbocycles. The second-order valence-electron chi connectivity index (χ2n) is 5.23. The lowest BCUT2D eigenvalue weighted by atomic mass is 9.95. The Hall–Kier alpha value is -1.07. The highest BCUT2D eigenvalue weighted by molar-refractivity contribution is 8.02. The van der Waals surface area contributed by atoms with Gasteiger partial charge in [-0.3, -0.25) is 10.1 Å². The maximum absolute atomic E-state index is 4.52. The van der Waals surface area contributed by atoms with E-state index in [1.165, 1.54) is 33.1 Å². The molecular formula is C14H15N3S2. The zero-order valence-corrected chi connectivity index (χ0v) is 12.4. The number of aromatic amines is 1. The lowest BCUT2D eigenvalue weighted by Gasteiger charge is -2.15. The highest BCUT2D eigenvalue weighted by Gasteiger charge is 2.29. The fourth-order valence-corrected chi connectivity index (χ4v) is 5.36. The Bertz CT molecular complexity index is 623. The number of fused-ring (bicyclic) bond motifs is 1. The van der Waals surface area contributed by atoms with Crippen molar-refractivity contribution in [2.75, 3.05) is 6.54 Å². The predicted molar refractivity (Wildman–Crippen MR) is 81.7 cm³/mol. The van der Waals surface area contributed by atoms with E-state index in [-0.39, 0.29) is 0 Å². The van der Waals surface area contributed by atoms with Gasteiger partial charge in [0.2, 0.25) is 0 Å². The summed E-state index contributed by atoms with van der Waals surface area (Å²) in [6.07, 6.45) is 6.64. The fraction of sp³-hybridized carbons (Fsp3) is 0.429. The normalized spacial score (nSPS) is 21.6. The minimum atomic E-state index is 0.503. The first-order valence-electron chi connectivity index (χ1n) is 6.66. The minimum absolute atomic E-state index is 0.503. The molecule has 3 nitrogen and oxygen atoms in total. The summed E-state index contributed by atoms with van der Waals surface area (Å²) >= 11 is 3.94. The Labute approximate surface area is 120 Å². The molecule has 1 atom stereocenters. The largest absolute Gasteiger partial charge is 0.292 e. The summed E-state index contributed by atoms with van der Waals surface area (Å²) in [6, 6.07) is 2.07. The number of hydrogen-bond acceptors (Lipinski definition) is 4. The van der Waals surface area contributed by atoms with Crippen molar-refractivity contribution in [3.05, 3.63) is 23.4 Å². The van der Waals surface area contributed by atoms with Crippen molar-refractivity contribution in [2.45, 2.75) is 35.1 Å². The number of H-pyrrole nitrogens is 1. The van der Waals surface area contributed by atoms with Crippen LogP contribution in [-0.4, -0.2) is 28.2 Å². The monoisotopic (exact) mass is 289 g/mol. The van der Waals surface area contributed by atoms with Crippen molar-refractivity contribution < 1.29 is 0 Å². The highest BCUT2D eigenvalue weighted by atomic mass is 32.2. The van der Waals surface area contributed by atoms with Crippen molar-refractivity contribution in [3.8, 4) is 10.6 Å². The SMILES string of the molecule is C[C@@H]1CN=Cc2c(SC3CC3)sc(-c3ccn[nH]3)c21. The van der Waals surface area contributed by atoms with Crippen LogP contribution in [0.3, 0.4) is 0 Å². The number of hydrogen-bond donors (Lipinski definition) is 1. The maximum Gasteiger partial charge on any atom is 0.0753 e. The van der Waals surface area contributed by atoms with Crippen LogP contribution in [0.5, 0.6) is 0 Å². The number of aliphatic imine (C=N–C) groups is 1. The van der Waals surface area contributed by atoms with Crippen LogP contribution in [0.15, 0.2) is 21.5 Å². The molecule has 19 heavy (non-hydrogen) atoms. The first-order chi connectivity index (χ1) is 9.33. The Balaban J connectivity index is 1.85. The molecule has 0 bridgehead atoms. The van der Waals surface area contributed by atoms with Gasteiger partial charge in [0.25, 0.3) is 0 Å². The Morgan fingerprint density at radius 2 is 2.32 bits per heavy atom. The summed E-state index contributed by atoms with van der Waals surface area (Å²) < 4.78 is 1.44. The number of aromatic nitrogens is 2. The average Bonchev–Trinajstić information content (AvgIpc) is 2.91. The van der Waals surface area contributed by atoms with Gasteiger partial charge in [-0.25, -0.2) is 0 Å². The van der Waals surface area contributed by atoms with Crippen LogP contribution in [0, 0.1) is 0 Å². The van der Waals surface area contributed by atoms with Crippen LogP contribution in [0.25, 0.3) is 10.6 Å². The zero-order valence-electron chi connectivity index (χ0n) is 10.7. The molecule has 0 aromatic carbocycles. The van der Waals surface area contributed by atoms with Gasteiger partial charge < -0.3 is 0 Å². The number of nitrogens with one attached hydrogen (secondary N) is 1. The molecule has 1 aliphatic heterocycles. The summed E-state index contributed by atoms with van der Waals surface area (Å²) in [5, 5.41) is 8.05. The number of thioether (sulfide) groups is 1. The van der Waals surface area contributed by atoms with Crippen molar-refractivity contribution in [2.24, 2.45) is 4.99 Å². The summed E-state index contributed by atoms with van der Waals surface area (Å²) in [5.74, 6) is 0.503. The Morgan fingerprint density at radius 3 is 3.05 bits per heavy atom. The molecule has 4 rings (SSSR count). The number of rotatable bonds is 3. The van der Waals surface area contributed by atoms with E-state index < -0.39 is 0 Å². The van der Waals surface area contributed by atoms with E-state index >= 15 is 0 Å². The predicted octanol–water partition coefficient (Wildman–Crippen LogP) is 3.93. The quantitative estimate of drug-likeness (QED) is 0.930. The second kappa shape index (κ2) is 4.49. The molecule has 0 unspecified atom stereocenters. The number of nitrogens with zero attached hydrogens (tertiary/aromatic N) is 2. The molecule has 0 spiro atoms. The van der Waals surface area contributed by atoms with Gasteiger partial charge in [0.05, 0.1) is 14.8 Å². The van der Waals surface area contributed by atoms with Crippen molar-refractivity contribution in [1.82, 2.24) is 10.2 Å². The average molecular weight is 289 g/mol. The van der Waals surface area contributed by atoms with Gasteiger partial charge in [-0.15, -0.1) is 23.1 Å². The summed E-state index contributed by atoms with van der Waals surface area (Å²) in [4.78, 5) is 5.88. The fourth-order valence-electron chi connectivity index (χ4n) is 2.45. The summed E-state index contributed by atoms with van der Waals surface area (Å²) in [6.45, 7) is 3.17. The van der Waals surface area contributed by atoms with E-state index in [0.717, 1.165) is 17.5 Å². The van der Waals surface area contributed by atoms with E-state index in [1.54, 1.807) is 0 Å². The molecule has 1 fully saturated rings. The van der Waals surface area contributed by atoms with Crippen LogP contribution < -0.4 is 0 Å². The van der Waals surface area contributed by atoms with E-state index in [1.807, 2.05) is 29.3 Å². The summed E-state index contributed by atoms with van der Waals surface area (Å²) in [5.41, 5.74) is 3.98. The van der Waals surface area contributed by atoms with Crippen molar-refractivity contribution >= 4 is 29.3 Å². The molecule has 2 aromatic heterocycles. The third-order valence-electron chi connectivity index (χ3n) is 3.59. The Morgan fingerprint density at radius 1 is 1.42 bits per heavy atom. The molecule has 0 radical (unpaired) electrons. The van der Waals surface area contributed by atoms with Gasteiger partial charge >= 0.3 is 0 Å². The summed E-state index contributed by atoms with van der Waals surface area (Å²) in [7, 11) is 0. The first kappa shape index (κ1) is 11.7. The molecule has 98 valence electrons. The standard InChI is InChI=1S/C14H15N3S2/c1-8-6-15-7-10-12(8)13(11-4-5-16-17-11)19-14(10)18-9-2-3-9/h4-5,7-9H,2-3,6H2,1H3,(H,16,17)/t8-/m1/s1. The van der Waals surface area contributed by atoms with E-state index in [4.69, 9.17) is 0 Å². The molecule has 5 heteroatoms. The van der Waals surface area contributed by atoms with Gasteiger partial charge in [-0.05, 0) is 24.5 Å². The number of thiophene rings is 1. The smallest absolute Gasteiger partial charge is 0.0753 e. The topological polar surface area (TPSA) is 41.0 Å². The third kappa shape index (κ3) is 2.05. The maximum atomic E-state index is 4.52. The van der Waals surface area contributed by atoms with Crippen LogP contribution in [-0.2, 0) is 0 Å². The highest BCUT2D eigenvalue weighted by Crippen LogP contribution is 2.49. The van der Waals surface area contributed by atoms with Gasteiger partial charge in [0, 0.05) is 35.7 Å². The third-order valence-corrected chi connectivity index (χ3v) is 6.41. The Kier molecular flexibility index (Phi) is 2.77. The molecule has 0 saturated heterocycles.